The predicted molar refractivity (Wildman–Crippen MR) is 113 cm³/mol. The molecule has 152 valence electrons. The van der Waals surface area contributed by atoms with E-state index in [0.717, 1.165) is 42.7 Å². The van der Waals surface area contributed by atoms with Gasteiger partial charge in [-0.1, -0.05) is 12.1 Å². The molecule has 1 aromatic rings. The molecule has 4 saturated carbocycles. The summed E-state index contributed by atoms with van der Waals surface area (Å²) in [5.41, 5.74) is 0.559. The van der Waals surface area contributed by atoms with Crippen molar-refractivity contribution in [2.75, 3.05) is 25.1 Å². The summed E-state index contributed by atoms with van der Waals surface area (Å²) in [5, 5.41) is 6.49. The van der Waals surface area contributed by atoms with Gasteiger partial charge < -0.3 is 20.1 Å². The van der Waals surface area contributed by atoms with Gasteiger partial charge in [0.15, 0.2) is 5.11 Å². The molecule has 0 atom stereocenters. The second-order valence-electron chi connectivity index (χ2n) is 8.65. The quantitative estimate of drug-likeness (QED) is 0.530. The van der Waals surface area contributed by atoms with Gasteiger partial charge in [-0.05, 0) is 87.6 Å². The van der Waals surface area contributed by atoms with Gasteiger partial charge in [-0.2, -0.15) is 0 Å². The Hall–Kier alpha value is -1.66. The van der Waals surface area contributed by atoms with Gasteiger partial charge in [0.05, 0.1) is 17.7 Å². The van der Waals surface area contributed by atoms with Crippen LogP contribution in [-0.2, 0) is 9.53 Å². The minimum absolute atomic E-state index is 0.110. The summed E-state index contributed by atoms with van der Waals surface area (Å²) in [6, 6.07) is 7.62. The van der Waals surface area contributed by atoms with Crippen molar-refractivity contribution in [3.63, 3.8) is 0 Å². The van der Waals surface area contributed by atoms with E-state index in [1.54, 1.807) is 0 Å². The van der Waals surface area contributed by atoms with Crippen LogP contribution in [0.25, 0.3) is 0 Å². The fraction of sp³-hybridized carbons (Fsp3) is 0.636. The molecule has 0 aliphatic heterocycles. The molecule has 0 aromatic heterocycles. The van der Waals surface area contributed by atoms with Crippen LogP contribution in [0, 0.1) is 23.2 Å². The molecule has 5 rings (SSSR count). The molecule has 4 aliphatic rings. The van der Waals surface area contributed by atoms with E-state index in [-0.39, 0.29) is 11.3 Å². The number of ether oxygens (including phenoxy) is 2. The minimum Gasteiger partial charge on any atom is -0.489 e. The van der Waals surface area contributed by atoms with Crippen LogP contribution < -0.4 is 15.4 Å². The third-order valence-electron chi connectivity index (χ3n) is 6.57. The van der Waals surface area contributed by atoms with Gasteiger partial charge in [0.2, 0.25) is 5.91 Å². The first-order valence-electron chi connectivity index (χ1n) is 10.5. The Kier molecular flexibility index (Phi) is 5.88. The number of carbonyl (C=O) groups is 1. The number of rotatable bonds is 7. The number of benzene rings is 1. The van der Waals surface area contributed by atoms with E-state index in [4.69, 9.17) is 21.7 Å². The number of amides is 1. The molecule has 4 fully saturated rings. The van der Waals surface area contributed by atoms with Crippen molar-refractivity contribution < 1.29 is 14.3 Å². The normalized spacial score (nSPS) is 30.1. The summed E-state index contributed by atoms with van der Waals surface area (Å²) >= 11 is 5.46. The molecule has 4 aliphatic carbocycles. The summed E-state index contributed by atoms with van der Waals surface area (Å²) in [5.74, 6) is 3.02. The van der Waals surface area contributed by atoms with Crippen molar-refractivity contribution in [3.05, 3.63) is 24.3 Å². The van der Waals surface area contributed by atoms with Gasteiger partial charge in [-0.15, -0.1) is 0 Å². The smallest absolute Gasteiger partial charge is 0.232 e. The highest BCUT2D eigenvalue weighted by atomic mass is 32.1. The van der Waals surface area contributed by atoms with Crippen LogP contribution >= 0.6 is 12.2 Å². The Bertz CT molecular complexity index is 701. The summed E-state index contributed by atoms with van der Waals surface area (Å²) in [7, 11) is 0. The zero-order valence-electron chi connectivity index (χ0n) is 16.5. The number of hydrogen-bond acceptors (Lipinski definition) is 4. The predicted octanol–water partition coefficient (Wildman–Crippen LogP) is 4.13. The molecule has 5 nitrogen and oxygen atoms in total. The zero-order chi connectivity index (χ0) is 19.6. The van der Waals surface area contributed by atoms with Crippen LogP contribution in [0.5, 0.6) is 5.75 Å². The average Bonchev–Trinajstić information content (AvgIpc) is 2.65. The van der Waals surface area contributed by atoms with Gasteiger partial charge in [0.1, 0.15) is 12.4 Å². The van der Waals surface area contributed by atoms with E-state index in [1.807, 2.05) is 31.2 Å². The largest absolute Gasteiger partial charge is 0.489 e. The SMILES string of the molecule is CCOCCOc1ccccc1NC(=S)NC(=O)C12CC3CC(CC(C3)C1)C2. The fourth-order valence-electron chi connectivity index (χ4n) is 5.83. The highest BCUT2D eigenvalue weighted by molar-refractivity contribution is 7.80. The molecule has 0 unspecified atom stereocenters. The maximum absolute atomic E-state index is 13.1. The van der Waals surface area contributed by atoms with Gasteiger partial charge in [-0.3, -0.25) is 4.79 Å². The molecule has 0 radical (unpaired) electrons. The lowest BCUT2D eigenvalue weighted by Crippen LogP contribution is -2.55. The highest BCUT2D eigenvalue weighted by Crippen LogP contribution is 2.60. The van der Waals surface area contributed by atoms with E-state index >= 15 is 0 Å². The molecule has 1 aromatic carbocycles. The van der Waals surface area contributed by atoms with Crippen molar-refractivity contribution in [2.24, 2.45) is 23.2 Å². The topological polar surface area (TPSA) is 59.6 Å². The highest BCUT2D eigenvalue weighted by Gasteiger charge is 2.54. The molecule has 0 heterocycles. The molecule has 2 N–H and O–H groups in total. The second kappa shape index (κ2) is 8.37. The first-order chi connectivity index (χ1) is 13.6. The average molecular weight is 403 g/mol. The first-order valence-corrected chi connectivity index (χ1v) is 10.9. The number of nitrogens with one attached hydrogen (secondary N) is 2. The Morgan fingerprint density at radius 2 is 1.75 bits per heavy atom. The monoisotopic (exact) mass is 402 g/mol. The summed E-state index contributed by atoms with van der Waals surface area (Å²) in [6.45, 7) is 3.64. The van der Waals surface area contributed by atoms with Crippen LogP contribution in [0.2, 0.25) is 0 Å². The second-order valence-corrected chi connectivity index (χ2v) is 9.06. The molecule has 4 bridgehead atoms. The standard InChI is InChI=1S/C22H30N2O3S/c1-2-26-7-8-27-19-6-4-3-5-18(19)23-21(28)24-20(25)22-12-15-9-16(13-22)11-17(10-15)14-22/h3-6,15-17H,2,7-14H2,1H3,(H2,23,24,25,28). The lowest BCUT2D eigenvalue weighted by Gasteiger charge is -2.55. The number of hydrogen-bond donors (Lipinski definition) is 2. The lowest BCUT2D eigenvalue weighted by atomic mass is 9.49. The molecule has 0 spiro atoms. The molecule has 6 heteroatoms. The van der Waals surface area contributed by atoms with E-state index in [9.17, 15) is 4.79 Å². The summed E-state index contributed by atoms with van der Waals surface area (Å²) in [6.07, 6.45) is 7.06. The maximum Gasteiger partial charge on any atom is 0.232 e. The van der Waals surface area contributed by atoms with Crippen LogP contribution in [0.3, 0.4) is 0 Å². The molecular weight excluding hydrogens is 372 g/mol. The Balaban J connectivity index is 1.35. The van der Waals surface area contributed by atoms with Gasteiger partial charge in [-0.25, -0.2) is 0 Å². The van der Waals surface area contributed by atoms with Gasteiger partial charge in [0, 0.05) is 6.61 Å². The Labute approximate surface area is 172 Å². The zero-order valence-corrected chi connectivity index (χ0v) is 17.4. The molecule has 28 heavy (non-hydrogen) atoms. The third-order valence-corrected chi connectivity index (χ3v) is 6.78. The third kappa shape index (κ3) is 4.18. The lowest BCUT2D eigenvalue weighted by molar-refractivity contribution is -0.144. The summed E-state index contributed by atoms with van der Waals surface area (Å²) in [4.78, 5) is 13.1. The van der Waals surface area contributed by atoms with Crippen molar-refractivity contribution in [3.8, 4) is 5.75 Å². The van der Waals surface area contributed by atoms with Crippen molar-refractivity contribution in [1.82, 2.24) is 5.32 Å². The number of thiocarbonyl (C=S) groups is 1. The van der Waals surface area contributed by atoms with Crippen LogP contribution in [0.1, 0.15) is 45.4 Å². The van der Waals surface area contributed by atoms with E-state index in [1.165, 1.54) is 19.3 Å². The maximum atomic E-state index is 13.1. The van der Waals surface area contributed by atoms with Gasteiger partial charge >= 0.3 is 0 Å². The molecular formula is C22H30N2O3S. The van der Waals surface area contributed by atoms with Crippen molar-refractivity contribution in [2.45, 2.75) is 45.4 Å². The van der Waals surface area contributed by atoms with Crippen LogP contribution in [-0.4, -0.2) is 30.8 Å². The Morgan fingerprint density at radius 3 is 2.39 bits per heavy atom. The van der Waals surface area contributed by atoms with Crippen molar-refractivity contribution >= 4 is 28.9 Å². The number of carbonyl (C=O) groups excluding carboxylic acids is 1. The van der Waals surface area contributed by atoms with Crippen molar-refractivity contribution in [1.29, 1.82) is 0 Å². The number of para-hydroxylation sites is 2. The molecule has 1 amide bonds. The number of anilines is 1. The first kappa shape index (κ1) is 19.6. The summed E-state index contributed by atoms with van der Waals surface area (Å²) < 4.78 is 11.1. The molecule has 0 saturated heterocycles. The van der Waals surface area contributed by atoms with Crippen LogP contribution in [0.4, 0.5) is 5.69 Å². The van der Waals surface area contributed by atoms with E-state index < -0.39 is 0 Å². The van der Waals surface area contributed by atoms with Crippen LogP contribution in [0.15, 0.2) is 24.3 Å². The van der Waals surface area contributed by atoms with E-state index in [2.05, 4.69) is 10.6 Å². The Morgan fingerprint density at radius 1 is 1.11 bits per heavy atom. The fourth-order valence-corrected chi connectivity index (χ4v) is 6.03. The minimum atomic E-state index is -0.200. The van der Waals surface area contributed by atoms with Gasteiger partial charge in [0.25, 0.3) is 0 Å². The van der Waals surface area contributed by atoms with E-state index in [0.29, 0.717) is 30.7 Å².